The van der Waals surface area contributed by atoms with Crippen molar-refractivity contribution < 1.29 is 9.53 Å². The van der Waals surface area contributed by atoms with Crippen molar-refractivity contribution in [1.82, 2.24) is 5.32 Å². The van der Waals surface area contributed by atoms with Gasteiger partial charge in [-0.2, -0.15) is 0 Å². The van der Waals surface area contributed by atoms with Crippen molar-refractivity contribution in [3.63, 3.8) is 0 Å². The topological polar surface area (TPSA) is 38.3 Å². The van der Waals surface area contributed by atoms with Crippen LogP contribution < -0.4 is 5.32 Å². The normalized spacial score (nSPS) is 12.2. The van der Waals surface area contributed by atoms with Crippen molar-refractivity contribution in [3.05, 3.63) is 44.2 Å². The Morgan fingerprint density at radius 1 is 1.32 bits per heavy atom. The Labute approximate surface area is 131 Å². The molecule has 0 atom stereocenters. The van der Waals surface area contributed by atoms with Gasteiger partial charge in [0.15, 0.2) is 0 Å². The van der Waals surface area contributed by atoms with Crippen LogP contribution >= 0.6 is 39.1 Å². The van der Waals surface area contributed by atoms with Crippen LogP contribution in [0.2, 0.25) is 10.0 Å². The summed E-state index contributed by atoms with van der Waals surface area (Å²) < 4.78 is 6.01. The molecule has 0 amide bonds. The van der Waals surface area contributed by atoms with Crippen LogP contribution in [0.3, 0.4) is 0 Å². The van der Waals surface area contributed by atoms with Crippen molar-refractivity contribution >= 4 is 45.1 Å². The molecular formula is C13H14BrCl2NO2. The van der Waals surface area contributed by atoms with Gasteiger partial charge in [0.05, 0.1) is 15.6 Å². The van der Waals surface area contributed by atoms with Crippen LogP contribution in [0, 0.1) is 5.92 Å². The van der Waals surface area contributed by atoms with E-state index in [1.165, 1.54) is 6.07 Å². The maximum Gasteiger partial charge on any atom is 0.343 e. The Hall–Kier alpha value is -0.710. The number of esters is 1. The molecule has 0 aromatic heterocycles. The Balaban J connectivity index is 2.98. The van der Waals surface area contributed by atoms with E-state index in [0.29, 0.717) is 26.0 Å². The molecule has 0 spiro atoms. The average Bonchev–Trinajstić information content (AvgIpc) is 2.37. The minimum Gasteiger partial charge on any atom is -0.424 e. The Morgan fingerprint density at radius 2 is 1.95 bits per heavy atom. The molecule has 0 saturated heterocycles. The van der Waals surface area contributed by atoms with Crippen LogP contribution in [-0.2, 0) is 4.74 Å². The van der Waals surface area contributed by atoms with Crippen molar-refractivity contribution in [2.75, 3.05) is 7.05 Å². The summed E-state index contributed by atoms with van der Waals surface area (Å²) in [7, 11) is 1.74. The average molecular weight is 367 g/mol. The number of rotatable bonds is 4. The minimum absolute atomic E-state index is 0.0496. The lowest BCUT2D eigenvalue weighted by Gasteiger charge is -2.14. The molecule has 6 heteroatoms. The summed E-state index contributed by atoms with van der Waals surface area (Å²) in [5.41, 5.74) is 0.351. The van der Waals surface area contributed by atoms with Crippen molar-refractivity contribution in [3.8, 4) is 0 Å². The number of allylic oxidation sites excluding steroid dienone is 1. The molecule has 0 aliphatic rings. The van der Waals surface area contributed by atoms with E-state index in [1.54, 1.807) is 19.2 Å². The number of benzene rings is 1. The lowest BCUT2D eigenvalue weighted by Crippen LogP contribution is -2.14. The zero-order chi connectivity index (χ0) is 14.6. The van der Waals surface area contributed by atoms with Gasteiger partial charge in [0.25, 0.3) is 0 Å². The molecule has 1 aromatic rings. The molecule has 0 bridgehead atoms. The monoisotopic (exact) mass is 365 g/mol. The second-order valence-electron chi connectivity index (χ2n) is 4.10. The molecule has 0 unspecified atom stereocenters. The van der Waals surface area contributed by atoms with Crippen LogP contribution in [0.5, 0.6) is 0 Å². The largest absolute Gasteiger partial charge is 0.424 e. The van der Waals surface area contributed by atoms with Crippen LogP contribution in [0.1, 0.15) is 24.2 Å². The van der Waals surface area contributed by atoms with Gasteiger partial charge in [-0.3, -0.25) is 0 Å². The van der Waals surface area contributed by atoms with E-state index in [4.69, 9.17) is 27.9 Å². The van der Waals surface area contributed by atoms with E-state index in [2.05, 4.69) is 21.2 Å². The standard InChI is InChI=1S/C13H14BrCl2NO2/c1-7(2)11(12(14)17-3)19-13(18)8-4-5-9(15)10(16)6-8/h4-7,17H,1-3H3. The first-order valence-electron chi connectivity index (χ1n) is 5.61. The summed E-state index contributed by atoms with van der Waals surface area (Å²) in [6.07, 6.45) is 0. The molecule has 1 N–H and O–H groups in total. The Kier molecular flexibility index (Phi) is 6.17. The summed E-state index contributed by atoms with van der Waals surface area (Å²) in [5.74, 6) is 0.0987. The lowest BCUT2D eigenvalue weighted by atomic mass is 10.2. The molecule has 0 fully saturated rings. The highest BCUT2D eigenvalue weighted by Crippen LogP contribution is 2.25. The lowest BCUT2D eigenvalue weighted by molar-refractivity contribution is 0.0592. The van der Waals surface area contributed by atoms with Gasteiger partial charge >= 0.3 is 5.97 Å². The van der Waals surface area contributed by atoms with Gasteiger partial charge in [0, 0.05) is 13.0 Å². The highest BCUT2D eigenvalue weighted by Gasteiger charge is 2.17. The second kappa shape index (κ2) is 7.17. The fraction of sp³-hybridized carbons (Fsp3) is 0.308. The second-order valence-corrected chi connectivity index (χ2v) is 5.71. The molecule has 0 heterocycles. The SMILES string of the molecule is CNC(Br)=C(OC(=O)c1ccc(Cl)c(Cl)c1)C(C)C. The zero-order valence-electron chi connectivity index (χ0n) is 10.8. The number of carbonyl (C=O) groups excluding carboxylic acids is 1. The highest BCUT2D eigenvalue weighted by atomic mass is 79.9. The quantitative estimate of drug-likeness (QED) is 0.481. The van der Waals surface area contributed by atoms with Crippen LogP contribution in [0.4, 0.5) is 0 Å². The summed E-state index contributed by atoms with van der Waals surface area (Å²) in [6, 6.07) is 4.62. The maximum atomic E-state index is 12.0. The van der Waals surface area contributed by atoms with E-state index in [9.17, 15) is 4.79 Å². The van der Waals surface area contributed by atoms with E-state index in [0.717, 1.165) is 0 Å². The smallest absolute Gasteiger partial charge is 0.343 e. The van der Waals surface area contributed by atoms with Crippen molar-refractivity contribution in [1.29, 1.82) is 0 Å². The zero-order valence-corrected chi connectivity index (χ0v) is 13.9. The molecule has 0 radical (unpaired) electrons. The van der Waals surface area contributed by atoms with Gasteiger partial charge < -0.3 is 10.1 Å². The highest BCUT2D eigenvalue weighted by molar-refractivity contribution is 9.11. The van der Waals surface area contributed by atoms with E-state index in [1.807, 2.05) is 13.8 Å². The number of halogens is 3. The van der Waals surface area contributed by atoms with Gasteiger partial charge in [0.2, 0.25) is 0 Å². The summed E-state index contributed by atoms with van der Waals surface area (Å²) >= 11 is 15.0. The minimum atomic E-state index is -0.477. The molecule has 1 aromatic carbocycles. The predicted molar refractivity (Wildman–Crippen MR) is 81.7 cm³/mol. The third-order valence-corrected chi connectivity index (χ3v) is 3.84. The first-order valence-corrected chi connectivity index (χ1v) is 7.16. The molecule has 19 heavy (non-hydrogen) atoms. The van der Waals surface area contributed by atoms with E-state index >= 15 is 0 Å². The van der Waals surface area contributed by atoms with Crippen molar-refractivity contribution in [2.45, 2.75) is 13.8 Å². The third-order valence-electron chi connectivity index (χ3n) is 2.32. The molecule has 0 aliphatic heterocycles. The molecule has 0 aliphatic carbocycles. The molecular weight excluding hydrogens is 353 g/mol. The van der Waals surface area contributed by atoms with Gasteiger partial charge in [-0.1, -0.05) is 37.0 Å². The number of hydrogen-bond donors (Lipinski definition) is 1. The van der Waals surface area contributed by atoms with Gasteiger partial charge in [0.1, 0.15) is 10.4 Å². The summed E-state index contributed by atoms with van der Waals surface area (Å²) in [4.78, 5) is 12.0. The summed E-state index contributed by atoms with van der Waals surface area (Å²) in [6.45, 7) is 3.85. The van der Waals surface area contributed by atoms with Gasteiger partial charge in [-0.15, -0.1) is 0 Å². The van der Waals surface area contributed by atoms with E-state index < -0.39 is 5.97 Å². The summed E-state index contributed by atoms with van der Waals surface area (Å²) in [5, 5.41) is 3.61. The van der Waals surface area contributed by atoms with Crippen molar-refractivity contribution in [2.24, 2.45) is 5.92 Å². The Bertz CT molecular complexity index is 515. The van der Waals surface area contributed by atoms with Crippen LogP contribution in [0.15, 0.2) is 28.6 Å². The van der Waals surface area contributed by atoms with Gasteiger partial charge in [-0.25, -0.2) is 4.79 Å². The number of ether oxygens (including phenoxy) is 1. The van der Waals surface area contributed by atoms with E-state index in [-0.39, 0.29) is 5.92 Å². The van der Waals surface area contributed by atoms with Crippen LogP contribution in [-0.4, -0.2) is 13.0 Å². The van der Waals surface area contributed by atoms with Gasteiger partial charge in [-0.05, 0) is 34.1 Å². The Morgan fingerprint density at radius 3 is 2.42 bits per heavy atom. The third kappa shape index (κ3) is 4.41. The molecule has 3 nitrogen and oxygen atoms in total. The molecule has 104 valence electrons. The number of hydrogen-bond acceptors (Lipinski definition) is 3. The first-order chi connectivity index (χ1) is 8.86. The fourth-order valence-electron chi connectivity index (χ4n) is 1.32. The first kappa shape index (κ1) is 16.3. The predicted octanol–water partition coefficient (Wildman–Crippen LogP) is 4.59. The fourth-order valence-corrected chi connectivity index (χ4v) is 2.16. The molecule has 0 saturated carbocycles. The maximum absolute atomic E-state index is 12.0. The number of nitrogens with one attached hydrogen (secondary N) is 1. The van der Waals surface area contributed by atoms with Crippen LogP contribution in [0.25, 0.3) is 0 Å². The number of carbonyl (C=O) groups is 1. The molecule has 1 rings (SSSR count).